The van der Waals surface area contributed by atoms with Crippen molar-refractivity contribution in [2.75, 3.05) is 0 Å². The Kier molecular flexibility index (Phi) is 4.16. The SMILES string of the molecule is CCCCC=CC1CC(O)CC1=O. The standard InChI is InChI=1S/C11H18O2/c1-2-3-4-5-6-9-7-10(12)8-11(9)13/h5-6,9-10,12H,2-4,7-8H2,1H3. The third-order valence-corrected chi connectivity index (χ3v) is 2.47. The summed E-state index contributed by atoms with van der Waals surface area (Å²) < 4.78 is 0. The average Bonchev–Trinajstić information content (AvgIpc) is 2.39. The summed E-state index contributed by atoms with van der Waals surface area (Å²) in [6.45, 7) is 2.15. The highest BCUT2D eigenvalue weighted by molar-refractivity contribution is 5.85. The Morgan fingerprint density at radius 1 is 1.62 bits per heavy atom. The predicted octanol–water partition coefficient (Wildman–Crippen LogP) is 2.07. The van der Waals surface area contributed by atoms with Gasteiger partial charge in [0.1, 0.15) is 5.78 Å². The van der Waals surface area contributed by atoms with Crippen molar-refractivity contribution in [1.82, 2.24) is 0 Å². The van der Waals surface area contributed by atoms with E-state index in [1.54, 1.807) is 0 Å². The lowest BCUT2D eigenvalue weighted by molar-refractivity contribution is -0.119. The lowest BCUT2D eigenvalue weighted by Crippen LogP contribution is -2.01. The molecule has 1 N–H and O–H groups in total. The normalized spacial score (nSPS) is 28.9. The molecule has 0 amide bonds. The zero-order valence-electron chi connectivity index (χ0n) is 8.20. The predicted molar refractivity (Wildman–Crippen MR) is 52.4 cm³/mol. The first kappa shape index (κ1) is 10.5. The number of carbonyl (C=O) groups excluding carboxylic acids is 1. The van der Waals surface area contributed by atoms with Crippen LogP contribution < -0.4 is 0 Å². The van der Waals surface area contributed by atoms with Crippen LogP contribution in [0.1, 0.15) is 39.0 Å². The number of hydrogen-bond acceptors (Lipinski definition) is 2. The Labute approximate surface area is 79.6 Å². The van der Waals surface area contributed by atoms with E-state index in [1.165, 1.54) is 12.8 Å². The van der Waals surface area contributed by atoms with Crippen molar-refractivity contribution in [3.63, 3.8) is 0 Å². The molecule has 0 aromatic heterocycles. The van der Waals surface area contributed by atoms with Crippen molar-refractivity contribution < 1.29 is 9.90 Å². The maximum absolute atomic E-state index is 11.2. The molecule has 1 fully saturated rings. The van der Waals surface area contributed by atoms with E-state index in [9.17, 15) is 9.90 Å². The van der Waals surface area contributed by atoms with Crippen LogP contribution in [0.2, 0.25) is 0 Å². The summed E-state index contributed by atoms with van der Waals surface area (Å²) in [7, 11) is 0. The molecule has 0 aromatic rings. The maximum atomic E-state index is 11.2. The molecule has 1 saturated carbocycles. The van der Waals surface area contributed by atoms with Gasteiger partial charge >= 0.3 is 0 Å². The van der Waals surface area contributed by atoms with E-state index < -0.39 is 6.10 Å². The summed E-state index contributed by atoms with van der Waals surface area (Å²) in [6, 6.07) is 0. The van der Waals surface area contributed by atoms with Gasteiger partial charge in [0, 0.05) is 12.3 Å². The lowest BCUT2D eigenvalue weighted by atomic mass is 10.1. The Hall–Kier alpha value is -0.630. The van der Waals surface area contributed by atoms with Gasteiger partial charge in [-0.3, -0.25) is 4.79 Å². The van der Waals surface area contributed by atoms with E-state index in [-0.39, 0.29) is 11.7 Å². The Morgan fingerprint density at radius 2 is 2.38 bits per heavy atom. The van der Waals surface area contributed by atoms with Crippen LogP contribution >= 0.6 is 0 Å². The van der Waals surface area contributed by atoms with Gasteiger partial charge in [-0.15, -0.1) is 0 Å². The lowest BCUT2D eigenvalue weighted by Gasteiger charge is -1.99. The molecule has 13 heavy (non-hydrogen) atoms. The number of ketones is 1. The van der Waals surface area contributed by atoms with E-state index in [4.69, 9.17) is 0 Å². The monoisotopic (exact) mass is 182 g/mol. The molecule has 0 heterocycles. The van der Waals surface area contributed by atoms with Crippen LogP contribution in [0, 0.1) is 5.92 Å². The van der Waals surface area contributed by atoms with Crippen LogP contribution in [-0.2, 0) is 4.79 Å². The molecule has 1 aliphatic carbocycles. The van der Waals surface area contributed by atoms with Crippen molar-refractivity contribution in [1.29, 1.82) is 0 Å². The molecule has 1 aliphatic rings. The first-order chi connectivity index (χ1) is 6.24. The average molecular weight is 182 g/mol. The van der Waals surface area contributed by atoms with Crippen molar-refractivity contribution in [2.24, 2.45) is 5.92 Å². The van der Waals surface area contributed by atoms with E-state index in [0.717, 1.165) is 6.42 Å². The number of rotatable bonds is 4. The Bertz CT molecular complexity index is 196. The number of allylic oxidation sites excluding steroid dienone is 2. The molecular weight excluding hydrogens is 164 g/mol. The van der Waals surface area contributed by atoms with Gasteiger partial charge in [0.25, 0.3) is 0 Å². The summed E-state index contributed by atoms with van der Waals surface area (Å²) in [4.78, 5) is 11.2. The van der Waals surface area contributed by atoms with Gasteiger partial charge in [0.05, 0.1) is 6.10 Å². The van der Waals surface area contributed by atoms with Crippen LogP contribution in [-0.4, -0.2) is 17.0 Å². The molecule has 0 bridgehead atoms. The van der Waals surface area contributed by atoms with E-state index in [1.807, 2.05) is 6.08 Å². The highest BCUT2D eigenvalue weighted by Gasteiger charge is 2.28. The molecular formula is C11H18O2. The van der Waals surface area contributed by atoms with Crippen molar-refractivity contribution in [2.45, 2.75) is 45.1 Å². The highest BCUT2D eigenvalue weighted by atomic mass is 16.3. The molecule has 2 unspecified atom stereocenters. The van der Waals surface area contributed by atoms with Crippen LogP contribution in [0.15, 0.2) is 12.2 Å². The fourth-order valence-corrected chi connectivity index (χ4v) is 1.66. The minimum atomic E-state index is -0.395. The van der Waals surface area contributed by atoms with Gasteiger partial charge in [0.2, 0.25) is 0 Å². The fourth-order valence-electron chi connectivity index (χ4n) is 1.66. The summed E-state index contributed by atoms with van der Waals surface area (Å²) in [5.74, 6) is 0.187. The van der Waals surface area contributed by atoms with Gasteiger partial charge < -0.3 is 5.11 Å². The second-order valence-electron chi connectivity index (χ2n) is 3.74. The zero-order valence-corrected chi connectivity index (χ0v) is 8.20. The van der Waals surface area contributed by atoms with Gasteiger partial charge in [-0.1, -0.05) is 31.9 Å². The quantitative estimate of drug-likeness (QED) is 0.534. The number of hydrogen-bond donors (Lipinski definition) is 1. The van der Waals surface area contributed by atoms with Crippen LogP contribution in [0.25, 0.3) is 0 Å². The van der Waals surface area contributed by atoms with Crippen LogP contribution in [0.3, 0.4) is 0 Å². The van der Waals surface area contributed by atoms with E-state index in [0.29, 0.717) is 12.8 Å². The maximum Gasteiger partial charge on any atom is 0.142 e. The van der Waals surface area contributed by atoms with Gasteiger partial charge in [0.15, 0.2) is 0 Å². The Balaban J connectivity index is 2.28. The molecule has 1 rings (SSSR count). The molecule has 2 heteroatoms. The van der Waals surface area contributed by atoms with Crippen molar-refractivity contribution in [3.05, 3.63) is 12.2 Å². The van der Waals surface area contributed by atoms with Crippen LogP contribution in [0.5, 0.6) is 0 Å². The Morgan fingerprint density at radius 3 is 2.92 bits per heavy atom. The molecule has 0 radical (unpaired) electrons. The number of aliphatic hydroxyl groups is 1. The first-order valence-electron chi connectivity index (χ1n) is 5.11. The van der Waals surface area contributed by atoms with E-state index >= 15 is 0 Å². The van der Waals surface area contributed by atoms with Crippen LogP contribution in [0.4, 0.5) is 0 Å². The number of carbonyl (C=O) groups is 1. The largest absolute Gasteiger partial charge is 0.393 e. The smallest absolute Gasteiger partial charge is 0.142 e. The molecule has 0 spiro atoms. The second-order valence-corrected chi connectivity index (χ2v) is 3.74. The van der Waals surface area contributed by atoms with Gasteiger partial charge in [-0.25, -0.2) is 0 Å². The number of aliphatic hydroxyl groups excluding tert-OH is 1. The molecule has 0 aromatic carbocycles. The number of Topliss-reactive ketones (excluding diaryl/α,β-unsaturated/α-hetero) is 1. The van der Waals surface area contributed by atoms with Crippen molar-refractivity contribution in [3.8, 4) is 0 Å². The minimum absolute atomic E-state index is 0.00754. The van der Waals surface area contributed by atoms with E-state index in [2.05, 4.69) is 13.0 Å². The minimum Gasteiger partial charge on any atom is -0.393 e. The zero-order chi connectivity index (χ0) is 9.68. The molecule has 74 valence electrons. The summed E-state index contributed by atoms with van der Waals surface area (Å²) >= 11 is 0. The third-order valence-electron chi connectivity index (χ3n) is 2.47. The summed E-state index contributed by atoms with van der Waals surface area (Å²) in [6.07, 6.45) is 8.04. The molecule has 2 nitrogen and oxygen atoms in total. The third kappa shape index (κ3) is 3.31. The summed E-state index contributed by atoms with van der Waals surface area (Å²) in [5.41, 5.74) is 0. The number of unbranched alkanes of at least 4 members (excludes halogenated alkanes) is 2. The first-order valence-corrected chi connectivity index (χ1v) is 5.11. The van der Waals surface area contributed by atoms with Gasteiger partial charge in [-0.2, -0.15) is 0 Å². The molecule has 2 atom stereocenters. The topological polar surface area (TPSA) is 37.3 Å². The van der Waals surface area contributed by atoms with Gasteiger partial charge in [-0.05, 0) is 12.8 Å². The van der Waals surface area contributed by atoms with Crippen molar-refractivity contribution >= 4 is 5.78 Å². The summed E-state index contributed by atoms with van der Waals surface area (Å²) in [5, 5.41) is 9.22. The molecule has 0 aliphatic heterocycles. The fraction of sp³-hybridized carbons (Fsp3) is 0.727. The molecule has 0 saturated heterocycles. The highest BCUT2D eigenvalue weighted by Crippen LogP contribution is 2.23. The second kappa shape index (κ2) is 5.18.